The molecular weight excluding hydrogens is 248 g/mol. The van der Waals surface area contributed by atoms with Crippen LogP contribution in [-0.4, -0.2) is 28.9 Å². The van der Waals surface area contributed by atoms with E-state index in [-0.39, 0.29) is 5.91 Å². The quantitative estimate of drug-likeness (QED) is 0.824. The van der Waals surface area contributed by atoms with Gasteiger partial charge in [0.25, 0.3) is 5.91 Å². The summed E-state index contributed by atoms with van der Waals surface area (Å²) in [5, 5.41) is 1.03. The first-order valence-corrected chi connectivity index (χ1v) is 7.60. The van der Waals surface area contributed by atoms with Crippen molar-refractivity contribution in [1.29, 1.82) is 0 Å². The molecular formula is C17H22N2O. The highest BCUT2D eigenvalue weighted by Crippen LogP contribution is 2.24. The van der Waals surface area contributed by atoms with Crippen LogP contribution in [0.2, 0.25) is 0 Å². The molecule has 0 radical (unpaired) electrons. The largest absolute Gasteiger partial charge is 0.360 e. The number of amides is 1. The number of aromatic nitrogens is 1. The first-order chi connectivity index (χ1) is 9.77. The van der Waals surface area contributed by atoms with Crippen LogP contribution in [0.4, 0.5) is 0 Å². The smallest absolute Gasteiger partial charge is 0.256 e. The lowest BCUT2D eigenvalue weighted by atomic mass is 10.1. The summed E-state index contributed by atoms with van der Waals surface area (Å²) in [6.07, 6.45) is 9.25. The lowest BCUT2D eigenvalue weighted by Crippen LogP contribution is -2.36. The molecule has 1 saturated carbocycles. The van der Waals surface area contributed by atoms with Crippen LogP contribution < -0.4 is 0 Å². The van der Waals surface area contributed by atoms with E-state index in [2.05, 4.69) is 4.98 Å². The van der Waals surface area contributed by atoms with Crippen molar-refractivity contribution >= 4 is 16.8 Å². The molecule has 3 heteroatoms. The summed E-state index contributed by atoms with van der Waals surface area (Å²) in [5.74, 6) is 0.148. The van der Waals surface area contributed by atoms with Crippen molar-refractivity contribution in [2.75, 3.05) is 7.05 Å². The molecule has 0 unspecified atom stereocenters. The van der Waals surface area contributed by atoms with Crippen LogP contribution in [0.1, 0.15) is 48.9 Å². The van der Waals surface area contributed by atoms with Gasteiger partial charge < -0.3 is 9.88 Å². The molecule has 0 bridgehead atoms. The van der Waals surface area contributed by atoms with E-state index >= 15 is 0 Å². The lowest BCUT2D eigenvalue weighted by molar-refractivity contribution is 0.0720. The van der Waals surface area contributed by atoms with Gasteiger partial charge in [-0.2, -0.15) is 0 Å². The minimum absolute atomic E-state index is 0.148. The highest BCUT2D eigenvalue weighted by Gasteiger charge is 2.23. The second-order valence-electron chi connectivity index (χ2n) is 5.81. The standard InChI is InChI=1S/C17H22N2O/c1-19(13-8-4-2-3-5-9-13)17(20)15-12-18-16-11-7-6-10-14(15)16/h6-7,10-13,18H,2-5,8-9H2,1H3. The van der Waals surface area contributed by atoms with Crippen molar-refractivity contribution in [2.24, 2.45) is 0 Å². The molecule has 1 heterocycles. The van der Waals surface area contributed by atoms with E-state index < -0.39 is 0 Å². The van der Waals surface area contributed by atoms with Crippen LogP contribution in [-0.2, 0) is 0 Å². The van der Waals surface area contributed by atoms with Gasteiger partial charge in [0.2, 0.25) is 0 Å². The van der Waals surface area contributed by atoms with E-state index in [1.54, 1.807) is 0 Å². The van der Waals surface area contributed by atoms with E-state index in [9.17, 15) is 4.79 Å². The molecule has 0 spiro atoms. The Morgan fingerprint density at radius 1 is 1.15 bits per heavy atom. The van der Waals surface area contributed by atoms with E-state index in [0.717, 1.165) is 29.3 Å². The Hall–Kier alpha value is -1.77. The summed E-state index contributed by atoms with van der Waals surface area (Å²) in [6, 6.07) is 8.40. The fourth-order valence-electron chi connectivity index (χ4n) is 3.25. The molecule has 1 amide bonds. The van der Waals surface area contributed by atoms with E-state index in [1.165, 1.54) is 25.7 Å². The highest BCUT2D eigenvalue weighted by molar-refractivity contribution is 6.06. The SMILES string of the molecule is CN(C(=O)c1c[nH]c2ccccc12)C1CCCCCC1. The van der Waals surface area contributed by atoms with Gasteiger partial charge in [0.1, 0.15) is 0 Å². The molecule has 1 N–H and O–H groups in total. The number of nitrogens with one attached hydrogen (secondary N) is 1. The predicted molar refractivity (Wildman–Crippen MR) is 81.9 cm³/mol. The number of carbonyl (C=O) groups is 1. The zero-order valence-electron chi connectivity index (χ0n) is 12.1. The first-order valence-electron chi connectivity index (χ1n) is 7.60. The molecule has 0 atom stereocenters. The summed E-state index contributed by atoms with van der Waals surface area (Å²) in [6.45, 7) is 0. The minimum atomic E-state index is 0.148. The Kier molecular flexibility index (Phi) is 3.77. The van der Waals surface area contributed by atoms with Gasteiger partial charge in [-0.3, -0.25) is 4.79 Å². The number of rotatable bonds is 2. The summed E-state index contributed by atoms with van der Waals surface area (Å²) in [5.41, 5.74) is 1.83. The number of carbonyl (C=O) groups excluding carboxylic acids is 1. The number of nitrogens with zero attached hydrogens (tertiary/aromatic N) is 1. The van der Waals surface area contributed by atoms with Crippen LogP contribution in [0.5, 0.6) is 0 Å². The number of H-pyrrole nitrogens is 1. The predicted octanol–water partition coefficient (Wildman–Crippen LogP) is 3.96. The topological polar surface area (TPSA) is 36.1 Å². The van der Waals surface area contributed by atoms with Crippen LogP contribution in [0.15, 0.2) is 30.5 Å². The van der Waals surface area contributed by atoms with E-state index in [4.69, 9.17) is 0 Å². The van der Waals surface area contributed by atoms with Crippen molar-refractivity contribution in [3.8, 4) is 0 Å². The van der Waals surface area contributed by atoms with Gasteiger partial charge in [-0.25, -0.2) is 0 Å². The maximum absolute atomic E-state index is 12.7. The molecule has 20 heavy (non-hydrogen) atoms. The Morgan fingerprint density at radius 2 is 1.85 bits per heavy atom. The molecule has 1 fully saturated rings. The van der Waals surface area contributed by atoms with Crippen molar-refractivity contribution < 1.29 is 4.79 Å². The number of aromatic amines is 1. The van der Waals surface area contributed by atoms with E-state index in [0.29, 0.717) is 6.04 Å². The highest BCUT2D eigenvalue weighted by atomic mass is 16.2. The molecule has 3 nitrogen and oxygen atoms in total. The number of hydrogen-bond acceptors (Lipinski definition) is 1. The maximum Gasteiger partial charge on any atom is 0.256 e. The lowest BCUT2D eigenvalue weighted by Gasteiger charge is -2.27. The van der Waals surface area contributed by atoms with E-state index in [1.807, 2.05) is 42.4 Å². The molecule has 0 saturated heterocycles. The number of para-hydroxylation sites is 1. The number of fused-ring (bicyclic) bond motifs is 1. The number of hydrogen-bond donors (Lipinski definition) is 1. The molecule has 1 aromatic carbocycles. The number of benzene rings is 1. The van der Waals surface area contributed by atoms with Crippen LogP contribution >= 0.6 is 0 Å². The normalized spacial score (nSPS) is 17.1. The van der Waals surface area contributed by atoms with Gasteiger partial charge in [0.05, 0.1) is 5.56 Å². The molecule has 106 valence electrons. The summed E-state index contributed by atoms with van der Waals surface area (Å²) >= 11 is 0. The van der Waals surface area contributed by atoms with Crippen molar-refractivity contribution in [3.63, 3.8) is 0 Å². The third kappa shape index (κ3) is 2.45. The van der Waals surface area contributed by atoms with Gasteiger partial charge in [-0.05, 0) is 18.9 Å². The van der Waals surface area contributed by atoms with Gasteiger partial charge in [-0.15, -0.1) is 0 Å². The van der Waals surface area contributed by atoms with Gasteiger partial charge in [0, 0.05) is 30.2 Å². The molecule has 1 aromatic heterocycles. The van der Waals surface area contributed by atoms with Crippen molar-refractivity contribution in [3.05, 3.63) is 36.0 Å². The molecule has 3 rings (SSSR count). The Balaban J connectivity index is 1.84. The fraction of sp³-hybridized carbons (Fsp3) is 0.471. The van der Waals surface area contributed by atoms with Crippen LogP contribution in [0, 0.1) is 0 Å². The van der Waals surface area contributed by atoms with Crippen LogP contribution in [0.25, 0.3) is 10.9 Å². The molecule has 1 aliphatic carbocycles. The van der Waals surface area contributed by atoms with Crippen molar-refractivity contribution in [2.45, 2.75) is 44.6 Å². The molecule has 0 aliphatic heterocycles. The third-order valence-corrected chi connectivity index (χ3v) is 4.51. The summed E-state index contributed by atoms with van der Waals surface area (Å²) < 4.78 is 0. The third-order valence-electron chi connectivity index (χ3n) is 4.51. The first kappa shape index (κ1) is 13.2. The van der Waals surface area contributed by atoms with Crippen molar-refractivity contribution in [1.82, 2.24) is 9.88 Å². The Morgan fingerprint density at radius 3 is 2.60 bits per heavy atom. The average Bonchev–Trinajstić information content (AvgIpc) is 2.72. The van der Waals surface area contributed by atoms with Crippen LogP contribution in [0.3, 0.4) is 0 Å². The van der Waals surface area contributed by atoms with Gasteiger partial charge in [-0.1, -0.05) is 43.9 Å². The Bertz CT molecular complexity index is 594. The average molecular weight is 270 g/mol. The monoisotopic (exact) mass is 270 g/mol. The Labute approximate surface area is 120 Å². The molecule has 2 aromatic rings. The molecule has 1 aliphatic rings. The summed E-state index contributed by atoms with van der Waals surface area (Å²) in [7, 11) is 1.96. The summed E-state index contributed by atoms with van der Waals surface area (Å²) in [4.78, 5) is 17.9. The minimum Gasteiger partial charge on any atom is -0.360 e. The van der Waals surface area contributed by atoms with Gasteiger partial charge in [0.15, 0.2) is 0 Å². The fourth-order valence-corrected chi connectivity index (χ4v) is 3.25. The second-order valence-corrected chi connectivity index (χ2v) is 5.81. The van der Waals surface area contributed by atoms with Gasteiger partial charge >= 0.3 is 0 Å². The second kappa shape index (κ2) is 5.70. The zero-order chi connectivity index (χ0) is 13.9. The zero-order valence-corrected chi connectivity index (χ0v) is 12.1. The maximum atomic E-state index is 12.7.